The van der Waals surface area contributed by atoms with Crippen LogP contribution in [-0.2, 0) is 20.7 Å². The van der Waals surface area contributed by atoms with Crippen LogP contribution >= 0.6 is 0 Å². The first-order valence-electron chi connectivity index (χ1n) is 18.3. The number of amides is 1. The molecular weight excluding hydrogens is 628 g/mol. The van der Waals surface area contributed by atoms with Crippen LogP contribution in [0.1, 0.15) is 104 Å². The molecule has 0 radical (unpaired) electrons. The number of benzene rings is 3. The highest BCUT2D eigenvalue weighted by molar-refractivity contribution is 5.80. The van der Waals surface area contributed by atoms with Gasteiger partial charge in [0.05, 0.1) is 25.7 Å². The Morgan fingerprint density at radius 1 is 0.760 bits per heavy atom. The number of esters is 1. The van der Waals surface area contributed by atoms with Crippen LogP contribution in [0.25, 0.3) is 0 Å². The summed E-state index contributed by atoms with van der Waals surface area (Å²) in [4.78, 5) is 28.2. The Morgan fingerprint density at radius 2 is 1.32 bits per heavy atom. The number of anilines is 1. The van der Waals surface area contributed by atoms with Crippen molar-refractivity contribution in [2.24, 2.45) is 5.92 Å². The summed E-state index contributed by atoms with van der Waals surface area (Å²) in [5.41, 5.74) is 1.74. The topological polar surface area (TPSA) is 86.3 Å². The average molecular weight is 687 g/mol. The Kier molecular flexibility index (Phi) is 14.0. The van der Waals surface area contributed by atoms with E-state index in [-0.39, 0.29) is 11.9 Å². The van der Waals surface area contributed by atoms with Crippen molar-refractivity contribution in [2.75, 3.05) is 31.2 Å². The van der Waals surface area contributed by atoms with Gasteiger partial charge in [-0.25, -0.2) is 4.79 Å². The lowest BCUT2D eigenvalue weighted by Crippen LogP contribution is -2.43. The number of nitrogens with zero attached hydrogens (tertiary/aromatic N) is 1. The largest absolute Gasteiger partial charge is 0.494 e. The molecule has 0 bridgehead atoms. The first-order chi connectivity index (χ1) is 23.8. The summed E-state index contributed by atoms with van der Waals surface area (Å²) in [6, 6.07) is 23.6. The lowest BCUT2D eigenvalue weighted by molar-refractivity contribution is -0.170. The third kappa shape index (κ3) is 12.6. The van der Waals surface area contributed by atoms with Gasteiger partial charge >= 0.3 is 5.97 Å². The Balaban J connectivity index is 1.17. The maximum absolute atomic E-state index is 13.3. The van der Waals surface area contributed by atoms with Gasteiger partial charge in [0.25, 0.3) is 0 Å². The van der Waals surface area contributed by atoms with E-state index in [0.29, 0.717) is 31.3 Å². The van der Waals surface area contributed by atoms with Gasteiger partial charge in [0.2, 0.25) is 5.91 Å². The van der Waals surface area contributed by atoms with Gasteiger partial charge < -0.3 is 29.2 Å². The molecule has 0 saturated carbocycles. The molecule has 8 nitrogen and oxygen atoms in total. The second kappa shape index (κ2) is 18.2. The number of carbonyl (C=O) groups is 2. The van der Waals surface area contributed by atoms with Gasteiger partial charge in [-0.1, -0.05) is 44.2 Å². The van der Waals surface area contributed by atoms with Crippen LogP contribution in [0.2, 0.25) is 0 Å². The molecule has 50 heavy (non-hydrogen) atoms. The zero-order chi connectivity index (χ0) is 36.1. The van der Waals surface area contributed by atoms with E-state index in [1.807, 2.05) is 57.2 Å². The number of carbonyl (C=O) groups excluding carboxylic acids is 2. The predicted molar refractivity (Wildman–Crippen MR) is 200 cm³/mol. The molecule has 1 N–H and O–H groups in total. The Bertz CT molecular complexity index is 1490. The van der Waals surface area contributed by atoms with Crippen molar-refractivity contribution in [1.29, 1.82) is 0 Å². The molecule has 4 rings (SSSR count). The number of piperidine rings is 1. The molecule has 0 aliphatic carbocycles. The Labute approximate surface area is 299 Å². The zero-order valence-corrected chi connectivity index (χ0v) is 31.3. The van der Waals surface area contributed by atoms with E-state index in [0.717, 1.165) is 49.4 Å². The number of unbranched alkanes of at least 4 members (excludes halogenated alkanes) is 1. The lowest BCUT2D eigenvalue weighted by Gasteiger charge is -2.33. The number of para-hydroxylation sites is 1. The third-order valence-electron chi connectivity index (χ3n) is 8.50. The zero-order valence-electron chi connectivity index (χ0n) is 31.3. The summed E-state index contributed by atoms with van der Waals surface area (Å²) < 4.78 is 23.2. The van der Waals surface area contributed by atoms with Gasteiger partial charge in [-0.3, -0.25) is 4.79 Å². The molecule has 1 atom stereocenters. The first-order valence-corrected chi connectivity index (χ1v) is 18.3. The molecule has 0 spiro atoms. The van der Waals surface area contributed by atoms with E-state index in [4.69, 9.17) is 18.9 Å². The molecule has 1 fully saturated rings. The molecule has 1 amide bonds. The summed E-state index contributed by atoms with van der Waals surface area (Å²) in [5.74, 6) is 2.16. The van der Waals surface area contributed by atoms with Crippen molar-refractivity contribution in [2.45, 2.75) is 111 Å². The minimum atomic E-state index is -1.11. The molecule has 1 saturated heterocycles. The molecule has 272 valence electrons. The van der Waals surface area contributed by atoms with Gasteiger partial charge in [-0.2, -0.15) is 0 Å². The average Bonchev–Trinajstić information content (AvgIpc) is 3.07. The molecular formula is C42H58N2O6. The monoisotopic (exact) mass is 686 g/mol. The van der Waals surface area contributed by atoms with Crippen LogP contribution in [0.15, 0.2) is 72.8 Å². The molecule has 3 aromatic carbocycles. The van der Waals surface area contributed by atoms with Gasteiger partial charge in [-0.05, 0) is 133 Å². The fourth-order valence-corrected chi connectivity index (χ4v) is 6.00. The second-order valence-corrected chi connectivity index (χ2v) is 15.2. The Hall–Kier alpha value is -4.20. The predicted octanol–water partition coefficient (Wildman–Crippen LogP) is 8.86. The van der Waals surface area contributed by atoms with Crippen LogP contribution in [0, 0.1) is 5.92 Å². The first kappa shape index (κ1) is 38.6. The fourth-order valence-electron chi connectivity index (χ4n) is 6.00. The summed E-state index contributed by atoms with van der Waals surface area (Å²) in [7, 11) is 0. The van der Waals surface area contributed by atoms with E-state index in [1.54, 1.807) is 26.0 Å². The SMILES string of the molecule is CC(C)CC(NC(=O)Cc1ccc(OCCCCOc2ccc(OC(C)(C)C(=O)OC(C)(C)C)cc2)cc1)c1ccccc1N1CCCCC1. The van der Waals surface area contributed by atoms with E-state index in [9.17, 15) is 9.59 Å². The maximum Gasteiger partial charge on any atom is 0.350 e. The number of ether oxygens (including phenoxy) is 4. The van der Waals surface area contributed by atoms with E-state index >= 15 is 0 Å². The quantitative estimate of drug-likeness (QED) is 0.112. The molecule has 1 unspecified atom stereocenters. The highest BCUT2D eigenvalue weighted by atomic mass is 16.6. The smallest absolute Gasteiger partial charge is 0.350 e. The van der Waals surface area contributed by atoms with Crippen LogP contribution < -0.4 is 24.4 Å². The summed E-state index contributed by atoms with van der Waals surface area (Å²) in [6.07, 6.45) is 6.62. The summed E-state index contributed by atoms with van der Waals surface area (Å²) >= 11 is 0. The van der Waals surface area contributed by atoms with Crippen molar-refractivity contribution in [1.82, 2.24) is 5.32 Å². The van der Waals surface area contributed by atoms with Gasteiger partial charge in [0.1, 0.15) is 22.8 Å². The van der Waals surface area contributed by atoms with Crippen LogP contribution in [-0.4, -0.2) is 49.4 Å². The van der Waals surface area contributed by atoms with Gasteiger partial charge in [0.15, 0.2) is 5.60 Å². The van der Waals surface area contributed by atoms with E-state index < -0.39 is 17.2 Å². The molecule has 1 aliphatic rings. The maximum atomic E-state index is 13.3. The van der Waals surface area contributed by atoms with Crippen molar-refractivity contribution >= 4 is 17.6 Å². The van der Waals surface area contributed by atoms with Crippen LogP contribution in [0.4, 0.5) is 5.69 Å². The molecule has 1 heterocycles. The summed E-state index contributed by atoms with van der Waals surface area (Å²) in [6.45, 7) is 16.6. The summed E-state index contributed by atoms with van der Waals surface area (Å²) in [5, 5.41) is 3.36. The number of hydrogen-bond donors (Lipinski definition) is 1. The van der Waals surface area contributed by atoms with E-state index in [1.165, 1.54) is 30.5 Å². The Morgan fingerprint density at radius 3 is 1.90 bits per heavy atom. The molecule has 1 aliphatic heterocycles. The number of rotatable bonds is 17. The minimum absolute atomic E-state index is 0.0242. The molecule has 0 aromatic heterocycles. The highest BCUT2D eigenvalue weighted by Crippen LogP contribution is 2.32. The van der Waals surface area contributed by atoms with Crippen molar-refractivity contribution in [3.8, 4) is 17.2 Å². The van der Waals surface area contributed by atoms with Gasteiger partial charge in [-0.15, -0.1) is 0 Å². The van der Waals surface area contributed by atoms with Crippen LogP contribution in [0.3, 0.4) is 0 Å². The highest BCUT2D eigenvalue weighted by Gasteiger charge is 2.34. The normalized spacial score (nSPS) is 14.2. The van der Waals surface area contributed by atoms with Gasteiger partial charge in [0, 0.05) is 18.8 Å². The lowest BCUT2D eigenvalue weighted by atomic mass is 9.94. The number of nitrogens with one attached hydrogen (secondary N) is 1. The molecule has 8 heteroatoms. The third-order valence-corrected chi connectivity index (χ3v) is 8.50. The van der Waals surface area contributed by atoms with Crippen LogP contribution in [0.5, 0.6) is 17.2 Å². The molecule has 3 aromatic rings. The fraction of sp³-hybridized carbons (Fsp3) is 0.524. The van der Waals surface area contributed by atoms with Crippen molar-refractivity contribution in [3.63, 3.8) is 0 Å². The second-order valence-electron chi connectivity index (χ2n) is 15.2. The van der Waals surface area contributed by atoms with Crippen molar-refractivity contribution < 1.29 is 28.5 Å². The minimum Gasteiger partial charge on any atom is -0.494 e. The standard InChI is InChI=1S/C42H58N2O6/c1-31(2)29-37(36-15-9-10-16-38(36)44-25-11-8-12-26-44)43-39(45)30-32-17-19-33(20-18-32)47-27-13-14-28-48-34-21-23-35(24-22-34)49-42(6,7)40(46)50-41(3,4)5/h9-10,15-24,31,37H,8,11-14,25-30H2,1-7H3,(H,43,45). The number of hydrogen-bond acceptors (Lipinski definition) is 7. The van der Waals surface area contributed by atoms with Crippen molar-refractivity contribution in [3.05, 3.63) is 83.9 Å². The van der Waals surface area contributed by atoms with E-state index in [2.05, 4.69) is 48.3 Å².